The van der Waals surface area contributed by atoms with Gasteiger partial charge in [-0.2, -0.15) is 0 Å². The summed E-state index contributed by atoms with van der Waals surface area (Å²) in [5.74, 6) is 0.180. The van der Waals surface area contributed by atoms with E-state index in [4.69, 9.17) is 25.8 Å². The number of carboxylic acid groups (broad SMARTS) is 1. The summed E-state index contributed by atoms with van der Waals surface area (Å²) < 4.78 is 30.6. The molecule has 0 fully saturated rings. The van der Waals surface area contributed by atoms with Crippen LogP contribution in [-0.2, 0) is 4.79 Å². The molecular weight excluding hydrogens is 423 g/mol. The number of benzene rings is 3. The van der Waals surface area contributed by atoms with Gasteiger partial charge in [-0.1, -0.05) is 35.9 Å². The Bertz CT molecular complexity index is 1050. The molecule has 1 heterocycles. The Labute approximate surface area is 183 Å². The van der Waals surface area contributed by atoms with Crippen molar-refractivity contribution in [1.29, 1.82) is 0 Å². The van der Waals surface area contributed by atoms with Crippen molar-refractivity contribution in [1.82, 2.24) is 0 Å². The molecule has 0 spiro atoms. The lowest BCUT2D eigenvalue weighted by molar-refractivity contribution is -0.137. The highest BCUT2D eigenvalue weighted by atomic mass is 35.5. The summed E-state index contributed by atoms with van der Waals surface area (Å²) in [5, 5.41) is 9.86. The summed E-state index contributed by atoms with van der Waals surface area (Å²) >= 11 is 6.00. The van der Waals surface area contributed by atoms with E-state index in [1.807, 2.05) is 12.1 Å². The van der Waals surface area contributed by atoms with Gasteiger partial charge in [0, 0.05) is 17.0 Å². The molecule has 1 aliphatic heterocycles. The normalized spacial score (nSPS) is 15.9. The van der Waals surface area contributed by atoms with Gasteiger partial charge in [0.15, 0.2) is 17.6 Å². The van der Waals surface area contributed by atoms with Crippen LogP contribution in [0.15, 0.2) is 66.7 Å². The minimum atomic E-state index is -0.926. The van der Waals surface area contributed by atoms with E-state index in [9.17, 15) is 14.3 Å². The molecule has 0 amide bonds. The molecule has 3 aromatic rings. The van der Waals surface area contributed by atoms with Crippen molar-refractivity contribution in [2.24, 2.45) is 0 Å². The number of hydrogen-bond donors (Lipinski definition) is 1. The Morgan fingerprint density at radius 1 is 1.06 bits per heavy atom. The second-order valence-corrected chi connectivity index (χ2v) is 7.66. The maximum atomic E-state index is 13.2. The van der Waals surface area contributed by atoms with Gasteiger partial charge in [-0.15, -0.1) is 0 Å². The van der Waals surface area contributed by atoms with Gasteiger partial charge in [-0.3, -0.25) is 4.79 Å². The lowest BCUT2D eigenvalue weighted by Crippen LogP contribution is -2.34. The molecule has 0 bridgehead atoms. The highest BCUT2D eigenvalue weighted by molar-refractivity contribution is 6.30. The predicted octanol–water partition coefficient (Wildman–Crippen LogP) is 5.30. The Balaban J connectivity index is 1.41. The SMILES string of the molecule is O=C(O)CC(c1ccc(F)cc1)c1ccc(OC[C@H]2COc3ccc(Cl)cc3O2)cc1. The molecule has 7 heteroatoms. The first kappa shape index (κ1) is 21.0. The second kappa shape index (κ2) is 9.27. The largest absolute Gasteiger partial charge is 0.490 e. The third kappa shape index (κ3) is 5.27. The third-order valence-corrected chi connectivity index (χ3v) is 5.23. The van der Waals surface area contributed by atoms with Crippen molar-refractivity contribution in [3.63, 3.8) is 0 Å². The number of hydrogen-bond acceptors (Lipinski definition) is 4. The Hall–Kier alpha value is -3.25. The van der Waals surface area contributed by atoms with Gasteiger partial charge in [-0.25, -0.2) is 4.39 Å². The van der Waals surface area contributed by atoms with Crippen molar-refractivity contribution in [3.05, 3.63) is 88.7 Å². The van der Waals surface area contributed by atoms with Crippen molar-refractivity contribution in [2.45, 2.75) is 18.4 Å². The molecule has 1 unspecified atom stereocenters. The van der Waals surface area contributed by atoms with Crippen molar-refractivity contribution in [2.75, 3.05) is 13.2 Å². The van der Waals surface area contributed by atoms with E-state index in [-0.39, 0.29) is 30.9 Å². The van der Waals surface area contributed by atoms with Crippen LogP contribution in [0, 0.1) is 5.82 Å². The molecule has 0 aromatic heterocycles. The average molecular weight is 443 g/mol. The van der Waals surface area contributed by atoms with Crippen LogP contribution >= 0.6 is 11.6 Å². The minimum Gasteiger partial charge on any atom is -0.490 e. The molecule has 0 saturated heterocycles. The molecule has 0 radical (unpaired) electrons. The van der Waals surface area contributed by atoms with Crippen molar-refractivity contribution in [3.8, 4) is 17.2 Å². The second-order valence-electron chi connectivity index (χ2n) is 7.22. The number of ether oxygens (including phenoxy) is 3. The maximum absolute atomic E-state index is 13.2. The van der Waals surface area contributed by atoms with Crippen molar-refractivity contribution < 1.29 is 28.5 Å². The Morgan fingerprint density at radius 3 is 2.42 bits per heavy atom. The lowest BCUT2D eigenvalue weighted by atomic mass is 9.88. The minimum absolute atomic E-state index is 0.0962. The van der Waals surface area contributed by atoms with E-state index in [2.05, 4.69) is 0 Å². The standard InChI is InChI=1S/C24H20ClFO5/c25-17-5-10-22-23(11-17)31-20(14-30-22)13-29-19-8-3-16(4-9-19)21(12-24(27)28)15-1-6-18(26)7-2-15/h1-11,20-21H,12-14H2,(H,27,28)/t20-,21?/m0/s1. The van der Waals surface area contributed by atoms with Crippen molar-refractivity contribution >= 4 is 17.6 Å². The van der Waals surface area contributed by atoms with E-state index in [0.29, 0.717) is 28.9 Å². The topological polar surface area (TPSA) is 65.0 Å². The highest BCUT2D eigenvalue weighted by Crippen LogP contribution is 2.34. The summed E-state index contributed by atoms with van der Waals surface area (Å²) in [7, 11) is 0. The maximum Gasteiger partial charge on any atom is 0.304 e. The quantitative estimate of drug-likeness (QED) is 0.537. The molecule has 3 aromatic carbocycles. The molecular formula is C24H20ClFO5. The molecule has 160 valence electrons. The van der Waals surface area contributed by atoms with Crippen LogP contribution in [0.3, 0.4) is 0 Å². The third-order valence-electron chi connectivity index (χ3n) is 4.99. The fourth-order valence-electron chi connectivity index (χ4n) is 3.46. The summed E-state index contributed by atoms with van der Waals surface area (Å²) in [5.41, 5.74) is 1.55. The molecule has 1 N–H and O–H groups in total. The van der Waals surface area contributed by atoms with Gasteiger partial charge in [0.25, 0.3) is 0 Å². The smallest absolute Gasteiger partial charge is 0.304 e. The monoisotopic (exact) mass is 442 g/mol. The van der Waals surface area contributed by atoms with Gasteiger partial charge in [-0.05, 0) is 47.5 Å². The Morgan fingerprint density at radius 2 is 1.74 bits per heavy atom. The molecule has 5 nitrogen and oxygen atoms in total. The summed E-state index contributed by atoms with van der Waals surface area (Å²) in [6.45, 7) is 0.639. The van der Waals surface area contributed by atoms with Crippen LogP contribution in [-0.4, -0.2) is 30.4 Å². The molecule has 1 aliphatic rings. The van der Waals surface area contributed by atoms with Gasteiger partial charge < -0.3 is 19.3 Å². The Kier molecular flexibility index (Phi) is 6.28. The van der Waals surface area contributed by atoms with E-state index < -0.39 is 5.97 Å². The van der Waals surface area contributed by atoms with Crippen LogP contribution in [0.4, 0.5) is 4.39 Å². The zero-order valence-electron chi connectivity index (χ0n) is 16.5. The van der Waals surface area contributed by atoms with Crippen LogP contribution in [0.1, 0.15) is 23.5 Å². The van der Waals surface area contributed by atoms with E-state index in [0.717, 1.165) is 11.1 Å². The number of fused-ring (bicyclic) bond motifs is 1. The first-order valence-electron chi connectivity index (χ1n) is 9.77. The van der Waals surface area contributed by atoms with Gasteiger partial charge >= 0.3 is 5.97 Å². The zero-order chi connectivity index (χ0) is 21.8. The highest BCUT2D eigenvalue weighted by Gasteiger charge is 2.22. The number of rotatable bonds is 7. The summed E-state index contributed by atoms with van der Waals surface area (Å²) in [6, 6.07) is 18.3. The van der Waals surface area contributed by atoms with E-state index >= 15 is 0 Å². The molecule has 4 rings (SSSR count). The van der Waals surface area contributed by atoms with E-state index in [1.165, 1.54) is 12.1 Å². The first-order chi connectivity index (χ1) is 15.0. The predicted molar refractivity (Wildman–Crippen MR) is 114 cm³/mol. The van der Waals surface area contributed by atoms with Crippen LogP contribution in [0.2, 0.25) is 5.02 Å². The summed E-state index contributed by atoms with van der Waals surface area (Å²) in [6.07, 6.45) is -0.384. The first-order valence-corrected chi connectivity index (χ1v) is 10.1. The van der Waals surface area contributed by atoms with Gasteiger partial charge in [0.2, 0.25) is 0 Å². The zero-order valence-corrected chi connectivity index (χ0v) is 17.2. The fraction of sp³-hybridized carbons (Fsp3) is 0.208. The van der Waals surface area contributed by atoms with Gasteiger partial charge in [0.1, 0.15) is 24.8 Å². The average Bonchev–Trinajstić information content (AvgIpc) is 2.77. The van der Waals surface area contributed by atoms with E-state index in [1.54, 1.807) is 42.5 Å². The number of carboxylic acids is 1. The number of halogens is 2. The van der Waals surface area contributed by atoms with Crippen LogP contribution < -0.4 is 14.2 Å². The van der Waals surface area contributed by atoms with Crippen LogP contribution in [0.5, 0.6) is 17.2 Å². The fourth-order valence-corrected chi connectivity index (χ4v) is 3.62. The van der Waals surface area contributed by atoms with Gasteiger partial charge in [0.05, 0.1) is 6.42 Å². The number of carbonyl (C=O) groups is 1. The van der Waals surface area contributed by atoms with Crippen LogP contribution in [0.25, 0.3) is 0 Å². The molecule has 0 saturated carbocycles. The number of aliphatic carboxylic acids is 1. The summed E-state index contributed by atoms with van der Waals surface area (Å²) in [4.78, 5) is 11.3. The molecule has 0 aliphatic carbocycles. The molecule has 2 atom stereocenters. The molecule has 31 heavy (non-hydrogen) atoms. The lowest BCUT2D eigenvalue weighted by Gasteiger charge is -2.26.